The summed E-state index contributed by atoms with van der Waals surface area (Å²) >= 11 is 1.58. The van der Waals surface area contributed by atoms with Crippen molar-refractivity contribution in [1.82, 2.24) is 10.2 Å². The second-order valence-corrected chi connectivity index (χ2v) is 9.39. The van der Waals surface area contributed by atoms with Crippen LogP contribution in [-0.2, 0) is 14.4 Å². The number of nitrogens with one attached hydrogen (secondary N) is 1. The van der Waals surface area contributed by atoms with Crippen LogP contribution in [0.1, 0.15) is 49.1 Å². The highest BCUT2D eigenvalue weighted by Gasteiger charge is 2.47. The summed E-state index contributed by atoms with van der Waals surface area (Å²) in [6, 6.07) is 11.6. The monoisotopic (exact) mass is 439 g/mol. The van der Waals surface area contributed by atoms with E-state index in [4.69, 9.17) is 0 Å². The van der Waals surface area contributed by atoms with Gasteiger partial charge in [-0.15, -0.1) is 11.3 Å². The summed E-state index contributed by atoms with van der Waals surface area (Å²) in [5.74, 6) is -0.421. The Kier molecular flexibility index (Phi) is 6.41. The van der Waals surface area contributed by atoms with Crippen LogP contribution in [0, 0.1) is 12.8 Å². The highest BCUT2D eigenvalue weighted by Crippen LogP contribution is 2.44. The number of anilines is 1. The van der Waals surface area contributed by atoms with E-state index in [-0.39, 0.29) is 36.2 Å². The first kappa shape index (κ1) is 21.6. The second-order valence-electron chi connectivity index (χ2n) is 8.41. The van der Waals surface area contributed by atoms with E-state index in [0.29, 0.717) is 19.5 Å². The molecule has 2 aliphatic heterocycles. The third-order valence-corrected chi connectivity index (χ3v) is 7.15. The molecule has 0 saturated carbocycles. The van der Waals surface area contributed by atoms with Crippen molar-refractivity contribution < 1.29 is 14.4 Å². The smallest absolute Gasteiger partial charge is 0.228 e. The van der Waals surface area contributed by atoms with Crippen LogP contribution in [0.5, 0.6) is 0 Å². The molecule has 164 valence electrons. The van der Waals surface area contributed by atoms with Gasteiger partial charge in [-0.05, 0) is 43.3 Å². The molecule has 1 aromatic carbocycles. The molecule has 1 N–H and O–H groups in total. The molecule has 6 nitrogen and oxygen atoms in total. The van der Waals surface area contributed by atoms with Crippen molar-refractivity contribution in [1.29, 1.82) is 0 Å². The summed E-state index contributed by atoms with van der Waals surface area (Å²) in [4.78, 5) is 43.2. The summed E-state index contributed by atoms with van der Waals surface area (Å²) in [6.07, 6.45) is 2.38. The maximum atomic E-state index is 13.6. The third-order valence-electron chi connectivity index (χ3n) is 6.21. The number of nitrogens with zero attached hydrogens (tertiary/aromatic N) is 2. The van der Waals surface area contributed by atoms with E-state index in [1.165, 1.54) is 0 Å². The van der Waals surface area contributed by atoms with Gasteiger partial charge in [0.2, 0.25) is 17.7 Å². The summed E-state index contributed by atoms with van der Waals surface area (Å²) in [5.41, 5.74) is 1.96. The molecule has 3 amide bonds. The number of hydrogen-bond donors (Lipinski definition) is 1. The van der Waals surface area contributed by atoms with Gasteiger partial charge >= 0.3 is 0 Å². The van der Waals surface area contributed by atoms with Crippen LogP contribution < -0.4 is 10.2 Å². The molecule has 1 aromatic heterocycles. The van der Waals surface area contributed by atoms with Gasteiger partial charge in [-0.3, -0.25) is 14.4 Å². The summed E-state index contributed by atoms with van der Waals surface area (Å²) in [6.45, 7) is 5.03. The molecule has 2 saturated heterocycles. The van der Waals surface area contributed by atoms with E-state index in [1.807, 2.05) is 60.5 Å². The van der Waals surface area contributed by atoms with E-state index in [9.17, 15) is 14.4 Å². The zero-order chi connectivity index (χ0) is 22.0. The van der Waals surface area contributed by atoms with Crippen molar-refractivity contribution in [2.75, 3.05) is 18.0 Å². The molecule has 7 heteroatoms. The van der Waals surface area contributed by atoms with Crippen LogP contribution in [0.15, 0.2) is 41.8 Å². The van der Waals surface area contributed by atoms with Crippen LogP contribution in [-0.4, -0.2) is 41.8 Å². The van der Waals surface area contributed by atoms with Crippen molar-refractivity contribution in [2.24, 2.45) is 5.92 Å². The number of amides is 3. The fraction of sp³-hybridized carbons (Fsp3) is 0.458. The van der Waals surface area contributed by atoms with Gasteiger partial charge in [0.25, 0.3) is 0 Å². The first-order valence-corrected chi connectivity index (χ1v) is 11.9. The molecule has 0 bridgehead atoms. The number of rotatable bonds is 5. The second kappa shape index (κ2) is 9.22. The quantitative estimate of drug-likeness (QED) is 0.773. The van der Waals surface area contributed by atoms with Gasteiger partial charge in [-0.25, -0.2) is 0 Å². The van der Waals surface area contributed by atoms with Crippen LogP contribution in [0.3, 0.4) is 0 Å². The van der Waals surface area contributed by atoms with E-state index in [2.05, 4.69) is 5.32 Å². The molecule has 31 heavy (non-hydrogen) atoms. The SMILES string of the molecule is CCC(=O)NC1CCCN(C(=O)C2CC(=O)N(c3ccc(C)cc3)C2c2cccs2)C1. The number of thiophene rings is 1. The lowest BCUT2D eigenvalue weighted by atomic mass is 9.95. The number of piperidine rings is 1. The molecular formula is C24H29N3O3S. The molecule has 2 aromatic rings. The molecule has 0 radical (unpaired) electrons. The lowest BCUT2D eigenvalue weighted by Crippen LogP contribution is -2.51. The Bertz CT molecular complexity index is 941. The lowest BCUT2D eigenvalue weighted by molar-refractivity contribution is -0.138. The summed E-state index contributed by atoms with van der Waals surface area (Å²) < 4.78 is 0. The number of carbonyl (C=O) groups excluding carboxylic acids is 3. The number of aryl methyl sites for hydroxylation is 1. The zero-order valence-electron chi connectivity index (χ0n) is 18.0. The fourth-order valence-electron chi connectivity index (χ4n) is 4.61. The minimum atomic E-state index is -0.423. The van der Waals surface area contributed by atoms with Gasteiger partial charge in [0.05, 0.1) is 12.0 Å². The normalized spacial score (nSPS) is 23.8. The van der Waals surface area contributed by atoms with Gasteiger partial charge in [-0.2, -0.15) is 0 Å². The highest BCUT2D eigenvalue weighted by molar-refractivity contribution is 7.10. The van der Waals surface area contributed by atoms with Crippen molar-refractivity contribution in [3.05, 3.63) is 52.2 Å². The van der Waals surface area contributed by atoms with Gasteiger partial charge in [-0.1, -0.05) is 30.7 Å². The molecule has 4 rings (SSSR count). The first-order valence-electron chi connectivity index (χ1n) is 11.0. The van der Waals surface area contributed by atoms with Gasteiger partial charge in [0, 0.05) is 42.5 Å². The highest BCUT2D eigenvalue weighted by atomic mass is 32.1. The molecule has 0 spiro atoms. The topological polar surface area (TPSA) is 69.7 Å². The van der Waals surface area contributed by atoms with Crippen LogP contribution in [0.2, 0.25) is 0 Å². The van der Waals surface area contributed by atoms with E-state index in [0.717, 1.165) is 29.0 Å². The van der Waals surface area contributed by atoms with Gasteiger partial charge in [0.1, 0.15) is 0 Å². The number of likely N-dealkylation sites (tertiary alicyclic amines) is 1. The minimum absolute atomic E-state index is 0.0109. The molecular weight excluding hydrogens is 410 g/mol. The Balaban J connectivity index is 1.59. The zero-order valence-corrected chi connectivity index (χ0v) is 18.9. The molecule has 3 atom stereocenters. The van der Waals surface area contributed by atoms with E-state index < -0.39 is 5.92 Å². The van der Waals surface area contributed by atoms with Crippen molar-refractivity contribution in [3.63, 3.8) is 0 Å². The van der Waals surface area contributed by atoms with Crippen LogP contribution >= 0.6 is 11.3 Å². The van der Waals surface area contributed by atoms with Gasteiger partial charge in [0.15, 0.2) is 0 Å². The number of hydrogen-bond acceptors (Lipinski definition) is 4. The molecule has 3 heterocycles. The fourth-order valence-corrected chi connectivity index (χ4v) is 5.49. The lowest BCUT2D eigenvalue weighted by Gasteiger charge is -2.36. The third kappa shape index (κ3) is 4.51. The van der Waals surface area contributed by atoms with Crippen LogP contribution in [0.4, 0.5) is 5.69 Å². The predicted molar refractivity (Wildman–Crippen MR) is 122 cm³/mol. The van der Waals surface area contributed by atoms with Crippen LogP contribution in [0.25, 0.3) is 0 Å². The molecule has 2 fully saturated rings. The van der Waals surface area contributed by atoms with E-state index >= 15 is 0 Å². The molecule has 3 unspecified atom stereocenters. The van der Waals surface area contributed by atoms with Gasteiger partial charge < -0.3 is 15.1 Å². The summed E-state index contributed by atoms with van der Waals surface area (Å²) in [5, 5.41) is 5.01. The van der Waals surface area contributed by atoms with Crippen molar-refractivity contribution in [3.8, 4) is 0 Å². The average molecular weight is 440 g/mol. The van der Waals surface area contributed by atoms with Crippen molar-refractivity contribution in [2.45, 2.75) is 51.6 Å². The standard InChI is InChI=1S/C24H29N3O3S/c1-3-21(28)25-17-6-4-12-26(15-17)24(30)19-14-22(29)27(18-10-8-16(2)9-11-18)23(19)20-7-5-13-31-20/h5,7-11,13,17,19,23H,3-4,6,12,14-15H2,1-2H3,(H,25,28). The predicted octanol–water partition coefficient (Wildman–Crippen LogP) is 3.67. The van der Waals surface area contributed by atoms with E-state index in [1.54, 1.807) is 16.2 Å². The molecule has 0 aliphatic carbocycles. The maximum Gasteiger partial charge on any atom is 0.228 e. The Morgan fingerprint density at radius 2 is 1.97 bits per heavy atom. The molecule has 2 aliphatic rings. The Morgan fingerprint density at radius 1 is 1.19 bits per heavy atom. The number of benzene rings is 1. The summed E-state index contributed by atoms with van der Waals surface area (Å²) in [7, 11) is 0. The van der Waals surface area contributed by atoms with Crippen molar-refractivity contribution >= 4 is 34.7 Å². The average Bonchev–Trinajstić information content (AvgIpc) is 3.41. The first-order chi connectivity index (χ1) is 15.0. The Labute approximate surface area is 187 Å². The Hall–Kier alpha value is -2.67. The maximum absolute atomic E-state index is 13.6. The largest absolute Gasteiger partial charge is 0.352 e. The Morgan fingerprint density at radius 3 is 2.65 bits per heavy atom. The minimum Gasteiger partial charge on any atom is -0.352 e. The number of carbonyl (C=O) groups is 3.